The Morgan fingerprint density at radius 2 is 2.00 bits per heavy atom. The molecule has 0 saturated carbocycles. The summed E-state index contributed by atoms with van der Waals surface area (Å²) in [6.07, 6.45) is 6.77. The zero-order chi connectivity index (χ0) is 18.5. The summed E-state index contributed by atoms with van der Waals surface area (Å²) >= 11 is 3.03. The zero-order valence-corrected chi connectivity index (χ0v) is 15.9. The van der Waals surface area contributed by atoms with Crippen LogP contribution >= 0.6 is 22.7 Å². The van der Waals surface area contributed by atoms with Crippen LogP contribution in [0, 0.1) is 0 Å². The Kier molecular flexibility index (Phi) is 5.36. The summed E-state index contributed by atoms with van der Waals surface area (Å²) in [4.78, 5) is 25.2. The molecular formula is C19H16N4O2S2. The average Bonchev–Trinajstić information content (AvgIpc) is 3.47. The van der Waals surface area contributed by atoms with Gasteiger partial charge in [0.2, 0.25) is 0 Å². The second-order valence-electron chi connectivity index (χ2n) is 5.74. The van der Waals surface area contributed by atoms with E-state index in [-0.39, 0.29) is 5.91 Å². The molecule has 4 rings (SSSR count). The lowest BCUT2D eigenvalue weighted by Crippen LogP contribution is -2.25. The van der Waals surface area contributed by atoms with E-state index in [1.165, 1.54) is 11.3 Å². The number of carbonyl (C=O) groups is 1. The number of nitrogens with zero attached hydrogens (tertiary/aromatic N) is 3. The van der Waals surface area contributed by atoms with Crippen molar-refractivity contribution in [3.63, 3.8) is 0 Å². The van der Waals surface area contributed by atoms with Crippen LogP contribution in [-0.2, 0) is 6.42 Å². The summed E-state index contributed by atoms with van der Waals surface area (Å²) in [5, 5.41) is 8.47. The molecule has 0 aliphatic rings. The number of rotatable bonds is 7. The molecule has 0 fully saturated rings. The molecule has 4 aromatic heterocycles. The van der Waals surface area contributed by atoms with Crippen molar-refractivity contribution in [3.8, 4) is 22.0 Å². The maximum absolute atomic E-state index is 12.2. The molecule has 8 heteroatoms. The normalized spacial score (nSPS) is 10.8. The summed E-state index contributed by atoms with van der Waals surface area (Å²) in [6, 6.07) is 7.53. The molecule has 0 saturated heterocycles. The van der Waals surface area contributed by atoms with Gasteiger partial charge in [-0.15, -0.1) is 22.7 Å². The van der Waals surface area contributed by atoms with Crippen LogP contribution in [0.3, 0.4) is 0 Å². The van der Waals surface area contributed by atoms with Crippen molar-refractivity contribution in [2.24, 2.45) is 0 Å². The van der Waals surface area contributed by atoms with Gasteiger partial charge in [0.1, 0.15) is 5.69 Å². The van der Waals surface area contributed by atoms with Crippen LogP contribution in [0.5, 0.6) is 0 Å². The fraction of sp³-hybridized carbons (Fsp3) is 0.158. The predicted molar refractivity (Wildman–Crippen MR) is 106 cm³/mol. The van der Waals surface area contributed by atoms with Crippen molar-refractivity contribution in [3.05, 3.63) is 64.4 Å². The lowest BCUT2D eigenvalue weighted by atomic mass is 10.2. The molecule has 0 unspecified atom stereocenters. The van der Waals surface area contributed by atoms with Gasteiger partial charge in [0.15, 0.2) is 10.8 Å². The van der Waals surface area contributed by atoms with E-state index in [9.17, 15) is 4.79 Å². The molecule has 0 spiro atoms. The molecule has 0 bridgehead atoms. The van der Waals surface area contributed by atoms with Gasteiger partial charge in [-0.05, 0) is 30.7 Å². The van der Waals surface area contributed by atoms with Crippen LogP contribution in [0.25, 0.3) is 22.0 Å². The van der Waals surface area contributed by atoms with Crippen LogP contribution in [-0.4, -0.2) is 27.4 Å². The number of aromatic nitrogens is 3. The van der Waals surface area contributed by atoms with Crippen molar-refractivity contribution in [1.29, 1.82) is 0 Å². The van der Waals surface area contributed by atoms with Crippen molar-refractivity contribution in [1.82, 2.24) is 20.3 Å². The highest BCUT2D eigenvalue weighted by Gasteiger charge is 2.13. The highest BCUT2D eigenvalue weighted by Crippen LogP contribution is 2.24. The summed E-state index contributed by atoms with van der Waals surface area (Å²) in [5.74, 6) is 0.508. The van der Waals surface area contributed by atoms with Crippen LogP contribution in [0.4, 0.5) is 0 Å². The first-order chi connectivity index (χ1) is 13.3. The first-order valence-corrected chi connectivity index (χ1v) is 10.2. The molecule has 4 aromatic rings. The van der Waals surface area contributed by atoms with E-state index < -0.39 is 0 Å². The molecule has 0 radical (unpaired) electrons. The highest BCUT2D eigenvalue weighted by molar-refractivity contribution is 7.13. The standard InChI is InChI=1S/C19H16N4O2S2/c24-18(15-12-27-19(23-15)16-3-2-10-25-16)21-7-1-4-17-22-14(11-26-17)13-5-8-20-9-6-13/h2-3,5-6,8-12H,1,4,7H2,(H,21,24). The smallest absolute Gasteiger partial charge is 0.270 e. The highest BCUT2D eigenvalue weighted by atomic mass is 32.1. The maximum atomic E-state index is 12.2. The Morgan fingerprint density at radius 3 is 2.81 bits per heavy atom. The van der Waals surface area contributed by atoms with Gasteiger partial charge in [-0.3, -0.25) is 9.78 Å². The molecule has 1 amide bonds. The largest absolute Gasteiger partial charge is 0.462 e. The van der Waals surface area contributed by atoms with E-state index >= 15 is 0 Å². The Morgan fingerprint density at radius 1 is 1.11 bits per heavy atom. The van der Waals surface area contributed by atoms with Crippen LogP contribution < -0.4 is 5.32 Å². The molecule has 0 atom stereocenters. The van der Waals surface area contributed by atoms with E-state index in [1.54, 1.807) is 41.4 Å². The van der Waals surface area contributed by atoms with E-state index in [1.807, 2.05) is 18.2 Å². The predicted octanol–water partition coefficient (Wildman–Crippen LogP) is 4.28. The summed E-state index contributed by atoms with van der Waals surface area (Å²) in [5.41, 5.74) is 2.45. The number of pyridine rings is 1. The Labute approximate surface area is 164 Å². The summed E-state index contributed by atoms with van der Waals surface area (Å²) < 4.78 is 5.30. The second kappa shape index (κ2) is 8.24. The fourth-order valence-electron chi connectivity index (χ4n) is 2.50. The van der Waals surface area contributed by atoms with Crippen LogP contribution in [0.1, 0.15) is 21.9 Å². The number of hydrogen-bond donors (Lipinski definition) is 1. The van der Waals surface area contributed by atoms with Crippen LogP contribution in [0.15, 0.2) is 58.1 Å². The molecule has 1 N–H and O–H groups in total. The molecule has 0 aromatic carbocycles. The number of nitrogens with one attached hydrogen (secondary N) is 1. The monoisotopic (exact) mass is 396 g/mol. The van der Waals surface area contributed by atoms with Crippen molar-refractivity contribution < 1.29 is 9.21 Å². The van der Waals surface area contributed by atoms with Gasteiger partial charge < -0.3 is 9.73 Å². The van der Waals surface area contributed by atoms with Crippen molar-refractivity contribution in [2.75, 3.05) is 6.54 Å². The molecule has 0 aliphatic carbocycles. The number of thiazole rings is 2. The molecule has 136 valence electrons. The molecule has 27 heavy (non-hydrogen) atoms. The number of amides is 1. The van der Waals surface area contributed by atoms with Gasteiger partial charge >= 0.3 is 0 Å². The van der Waals surface area contributed by atoms with Gasteiger partial charge in [-0.1, -0.05) is 0 Å². The van der Waals surface area contributed by atoms with Gasteiger partial charge in [0, 0.05) is 41.7 Å². The van der Waals surface area contributed by atoms with Crippen molar-refractivity contribution >= 4 is 28.6 Å². The van der Waals surface area contributed by atoms with E-state index in [4.69, 9.17) is 4.42 Å². The van der Waals surface area contributed by atoms with E-state index in [0.29, 0.717) is 23.0 Å². The lowest BCUT2D eigenvalue weighted by molar-refractivity contribution is 0.0949. The SMILES string of the molecule is O=C(NCCCc1nc(-c2ccncc2)cs1)c1csc(-c2ccco2)n1. The number of aryl methyl sites for hydroxylation is 1. The number of hydrogen-bond acceptors (Lipinski definition) is 7. The third-order valence-electron chi connectivity index (χ3n) is 3.85. The third-order valence-corrected chi connectivity index (χ3v) is 5.62. The second-order valence-corrected chi connectivity index (χ2v) is 7.54. The topological polar surface area (TPSA) is 80.9 Å². The first kappa shape index (κ1) is 17.6. The summed E-state index contributed by atoms with van der Waals surface area (Å²) in [7, 11) is 0. The number of carbonyl (C=O) groups excluding carboxylic acids is 1. The fourth-order valence-corrected chi connectivity index (χ4v) is 4.12. The molecular weight excluding hydrogens is 380 g/mol. The minimum absolute atomic E-state index is 0.166. The number of furan rings is 1. The molecule has 0 aliphatic heterocycles. The van der Waals surface area contributed by atoms with Gasteiger partial charge in [0.25, 0.3) is 5.91 Å². The van der Waals surface area contributed by atoms with E-state index in [0.717, 1.165) is 29.1 Å². The first-order valence-electron chi connectivity index (χ1n) is 8.42. The summed E-state index contributed by atoms with van der Waals surface area (Å²) in [6.45, 7) is 0.580. The van der Waals surface area contributed by atoms with Gasteiger partial charge in [-0.25, -0.2) is 9.97 Å². The molecule has 6 nitrogen and oxygen atoms in total. The Hall–Kier alpha value is -2.84. The zero-order valence-electron chi connectivity index (χ0n) is 14.3. The van der Waals surface area contributed by atoms with E-state index in [2.05, 4.69) is 25.6 Å². The lowest BCUT2D eigenvalue weighted by Gasteiger charge is -2.01. The Balaban J connectivity index is 1.26. The molecule has 4 heterocycles. The minimum atomic E-state index is -0.166. The van der Waals surface area contributed by atoms with Gasteiger partial charge in [-0.2, -0.15) is 0 Å². The third kappa shape index (κ3) is 4.29. The van der Waals surface area contributed by atoms with Crippen LogP contribution in [0.2, 0.25) is 0 Å². The van der Waals surface area contributed by atoms with Gasteiger partial charge in [0.05, 0.1) is 17.0 Å². The quantitative estimate of drug-likeness (QED) is 0.472. The Bertz CT molecular complexity index is 1010. The average molecular weight is 396 g/mol. The van der Waals surface area contributed by atoms with Crippen molar-refractivity contribution in [2.45, 2.75) is 12.8 Å². The minimum Gasteiger partial charge on any atom is -0.462 e. The maximum Gasteiger partial charge on any atom is 0.270 e.